The van der Waals surface area contributed by atoms with E-state index in [2.05, 4.69) is 84.9 Å². The van der Waals surface area contributed by atoms with E-state index in [1.807, 2.05) is 18.2 Å². The molecular weight excluding hydrogens is 447 g/mol. The first kappa shape index (κ1) is 21.6. The molecule has 2 unspecified atom stereocenters. The first-order valence-electron chi connectivity index (χ1n) is 10.9. The molecule has 0 saturated heterocycles. The van der Waals surface area contributed by atoms with Crippen LogP contribution >= 0.6 is 0 Å². The monoisotopic (exact) mass is 475 g/mol. The van der Waals surface area contributed by atoms with E-state index in [4.69, 9.17) is 0 Å². The van der Waals surface area contributed by atoms with Gasteiger partial charge in [-0.3, -0.25) is 0 Å². The van der Waals surface area contributed by atoms with Gasteiger partial charge in [-0.25, -0.2) is 0 Å². The van der Waals surface area contributed by atoms with Crippen LogP contribution in [-0.2, 0) is 10.2 Å². The maximum atomic E-state index is 11.6. The van der Waals surface area contributed by atoms with Gasteiger partial charge < -0.3 is 0 Å². The standard InChI is InChI=1S/C28H28O2Se/c29-27(30)22(21-31-26-18-8-3-9-19-26)12-10-11-17-25-20-28(25,23-13-4-1-5-14-23)24-15-6-2-7-16-24/h1-9,11,13-19,22,25H,10,12,20-21H2,(H,29,30)/p-1/b17-11+. The predicted octanol–water partition coefficient (Wildman–Crippen LogP) is 4.14. The fourth-order valence-electron chi connectivity index (χ4n) is 4.36. The molecule has 0 aromatic heterocycles. The number of allylic oxidation sites excluding steroid dienone is 2. The van der Waals surface area contributed by atoms with Gasteiger partial charge in [0.25, 0.3) is 0 Å². The van der Waals surface area contributed by atoms with Crippen molar-refractivity contribution < 1.29 is 9.90 Å². The molecule has 3 heteroatoms. The molecule has 0 N–H and O–H groups in total. The molecule has 1 fully saturated rings. The molecule has 0 spiro atoms. The van der Waals surface area contributed by atoms with Gasteiger partial charge in [-0.15, -0.1) is 0 Å². The topological polar surface area (TPSA) is 40.1 Å². The van der Waals surface area contributed by atoms with Crippen LogP contribution in [0.1, 0.15) is 30.4 Å². The Kier molecular flexibility index (Phi) is 7.06. The Labute approximate surface area is 191 Å². The molecule has 0 radical (unpaired) electrons. The van der Waals surface area contributed by atoms with Crippen LogP contribution in [0.4, 0.5) is 0 Å². The van der Waals surface area contributed by atoms with Gasteiger partial charge in [0.05, 0.1) is 0 Å². The van der Waals surface area contributed by atoms with Crippen molar-refractivity contribution in [2.45, 2.75) is 30.0 Å². The Bertz CT molecular complexity index is 959. The molecule has 31 heavy (non-hydrogen) atoms. The van der Waals surface area contributed by atoms with Crippen LogP contribution in [0.2, 0.25) is 5.32 Å². The second-order valence-electron chi connectivity index (χ2n) is 8.16. The van der Waals surface area contributed by atoms with E-state index >= 15 is 0 Å². The van der Waals surface area contributed by atoms with Crippen LogP contribution < -0.4 is 9.57 Å². The van der Waals surface area contributed by atoms with Crippen molar-refractivity contribution in [3.8, 4) is 0 Å². The van der Waals surface area contributed by atoms with Crippen molar-refractivity contribution >= 4 is 25.4 Å². The number of hydrogen-bond acceptors (Lipinski definition) is 2. The first-order chi connectivity index (χ1) is 15.2. The van der Waals surface area contributed by atoms with Gasteiger partial charge in [0.2, 0.25) is 0 Å². The molecule has 2 atom stereocenters. The summed E-state index contributed by atoms with van der Waals surface area (Å²) >= 11 is 0.169. The van der Waals surface area contributed by atoms with E-state index in [0.29, 0.717) is 17.7 Å². The third-order valence-electron chi connectivity index (χ3n) is 6.17. The number of carbonyl (C=O) groups excluding carboxylic acids is 1. The molecule has 0 amide bonds. The van der Waals surface area contributed by atoms with Crippen LogP contribution in [-0.4, -0.2) is 20.9 Å². The molecule has 3 aromatic rings. The van der Waals surface area contributed by atoms with Gasteiger partial charge in [-0.1, -0.05) is 0 Å². The average molecular weight is 474 g/mol. The number of aliphatic carboxylic acids is 1. The van der Waals surface area contributed by atoms with Gasteiger partial charge in [-0.2, -0.15) is 0 Å². The summed E-state index contributed by atoms with van der Waals surface area (Å²) < 4.78 is 1.24. The van der Waals surface area contributed by atoms with Gasteiger partial charge >= 0.3 is 191 Å². The number of carboxylic acid groups (broad SMARTS) is 1. The number of benzene rings is 3. The zero-order valence-electron chi connectivity index (χ0n) is 17.5. The van der Waals surface area contributed by atoms with E-state index in [1.165, 1.54) is 15.6 Å². The second kappa shape index (κ2) is 10.1. The van der Waals surface area contributed by atoms with E-state index in [1.54, 1.807) is 0 Å². The minimum absolute atomic E-state index is 0.0448. The molecule has 158 valence electrons. The van der Waals surface area contributed by atoms with Crippen molar-refractivity contribution in [3.05, 3.63) is 114 Å². The van der Waals surface area contributed by atoms with E-state index in [9.17, 15) is 9.90 Å². The molecule has 4 rings (SSSR count). The Morgan fingerprint density at radius 3 is 2.03 bits per heavy atom. The third kappa shape index (κ3) is 5.18. The van der Waals surface area contributed by atoms with Crippen LogP contribution in [0.25, 0.3) is 0 Å². The summed E-state index contributed by atoms with van der Waals surface area (Å²) in [6, 6.07) is 31.6. The molecule has 2 nitrogen and oxygen atoms in total. The number of rotatable bonds is 10. The number of carbonyl (C=O) groups is 1. The molecule has 1 saturated carbocycles. The first-order valence-corrected chi connectivity index (χ1v) is 12.9. The summed E-state index contributed by atoms with van der Waals surface area (Å²) in [7, 11) is 0. The fraction of sp³-hybridized carbons (Fsp3) is 0.250. The summed E-state index contributed by atoms with van der Waals surface area (Å²) in [5.41, 5.74) is 2.76. The van der Waals surface area contributed by atoms with E-state index in [-0.39, 0.29) is 26.3 Å². The quantitative estimate of drug-likeness (QED) is 0.327. The van der Waals surface area contributed by atoms with Crippen LogP contribution in [0.15, 0.2) is 103 Å². The van der Waals surface area contributed by atoms with Gasteiger partial charge in [0, 0.05) is 0 Å². The summed E-state index contributed by atoms with van der Waals surface area (Å²) in [5.74, 6) is -0.843. The summed E-state index contributed by atoms with van der Waals surface area (Å²) in [6.45, 7) is 0. The predicted molar refractivity (Wildman–Crippen MR) is 125 cm³/mol. The number of hydrogen-bond donors (Lipinski definition) is 0. The van der Waals surface area contributed by atoms with Gasteiger partial charge in [0.1, 0.15) is 0 Å². The summed E-state index contributed by atoms with van der Waals surface area (Å²) in [5, 5.41) is 12.3. The van der Waals surface area contributed by atoms with Crippen molar-refractivity contribution in [2.24, 2.45) is 11.8 Å². The normalized spacial score (nSPS) is 18.0. The Hall–Kier alpha value is -2.61. The molecule has 3 aromatic carbocycles. The zero-order valence-corrected chi connectivity index (χ0v) is 19.2. The van der Waals surface area contributed by atoms with Crippen molar-refractivity contribution in [1.82, 2.24) is 0 Å². The SMILES string of the molecule is O=C([O-])C(CC/C=C/C1CC1(c1ccccc1)c1ccccc1)C[Se]c1ccccc1. The fourth-order valence-corrected chi connectivity index (χ4v) is 6.56. The minimum atomic E-state index is -0.916. The third-order valence-corrected chi connectivity index (χ3v) is 8.63. The van der Waals surface area contributed by atoms with Crippen molar-refractivity contribution in [3.63, 3.8) is 0 Å². The summed E-state index contributed by atoms with van der Waals surface area (Å²) in [4.78, 5) is 11.6. The molecule has 1 aliphatic carbocycles. The average Bonchev–Trinajstić information content (AvgIpc) is 3.55. The van der Waals surface area contributed by atoms with Gasteiger partial charge in [0.15, 0.2) is 0 Å². The Morgan fingerprint density at radius 1 is 0.935 bits per heavy atom. The van der Waals surface area contributed by atoms with Crippen LogP contribution in [0.3, 0.4) is 0 Å². The Morgan fingerprint density at radius 2 is 1.48 bits per heavy atom. The Balaban J connectivity index is 1.37. The second-order valence-corrected chi connectivity index (χ2v) is 10.5. The molecule has 0 bridgehead atoms. The zero-order chi connectivity index (χ0) is 21.5. The molecule has 1 aliphatic rings. The van der Waals surface area contributed by atoms with Crippen LogP contribution in [0.5, 0.6) is 0 Å². The van der Waals surface area contributed by atoms with Crippen molar-refractivity contribution in [1.29, 1.82) is 0 Å². The molecule has 0 heterocycles. The van der Waals surface area contributed by atoms with Gasteiger partial charge in [-0.05, 0) is 0 Å². The summed E-state index contributed by atoms with van der Waals surface area (Å²) in [6.07, 6.45) is 7.00. The molecule has 0 aliphatic heterocycles. The van der Waals surface area contributed by atoms with E-state index in [0.717, 1.165) is 12.8 Å². The van der Waals surface area contributed by atoms with Crippen LogP contribution in [0, 0.1) is 11.8 Å². The maximum absolute atomic E-state index is 11.6. The van der Waals surface area contributed by atoms with Crippen molar-refractivity contribution in [2.75, 3.05) is 0 Å². The molecular formula is C28H27O2Se-. The van der Waals surface area contributed by atoms with E-state index < -0.39 is 5.97 Å². The number of carboxylic acids is 1.